The number of carbonyl (C=O) groups is 1. The van der Waals surface area contributed by atoms with Gasteiger partial charge < -0.3 is 4.74 Å². The molecule has 1 aromatic carbocycles. The SMILES string of the molecule is CCO/C=C/C(=O)NNc1ccc(CC)cc1. The monoisotopic (exact) mass is 234 g/mol. The van der Waals surface area contributed by atoms with Gasteiger partial charge in [0.05, 0.1) is 18.6 Å². The lowest BCUT2D eigenvalue weighted by atomic mass is 10.2. The van der Waals surface area contributed by atoms with Crippen LogP contribution in [0.5, 0.6) is 0 Å². The summed E-state index contributed by atoms with van der Waals surface area (Å²) in [5.41, 5.74) is 7.47. The smallest absolute Gasteiger partial charge is 0.265 e. The van der Waals surface area contributed by atoms with E-state index in [1.807, 2.05) is 31.2 Å². The van der Waals surface area contributed by atoms with E-state index in [1.54, 1.807) is 0 Å². The summed E-state index contributed by atoms with van der Waals surface area (Å²) in [5, 5.41) is 0. The van der Waals surface area contributed by atoms with E-state index in [0.717, 1.165) is 12.1 Å². The van der Waals surface area contributed by atoms with Crippen LogP contribution in [0.25, 0.3) is 0 Å². The highest BCUT2D eigenvalue weighted by Crippen LogP contribution is 2.08. The number of ether oxygens (including phenoxy) is 1. The molecule has 1 aromatic rings. The fourth-order valence-electron chi connectivity index (χ4n) is 1.21. The Morgan fingerprint density at radius 2 is 2.00 bits per heavy atom. The molecule has 1 amide bonds. The molecule has 0 saturated carbocycles. The van der Waals surface area contributed by atoms with Crippen molar-refractivity contribution in [1.29, 1.82) is 0 Å². The minimum atomic E-state index is -0.252. The van der Waals surface area contributed by atoms with Gasteiger partial charge in [0, 0.05) is 6.08 Å². The van der Waals surface area contributed by atoms with Crippen LogP contribution in [-0.2, 0) is 16.0 Å². The van der Waals surface area contributed by atoms with Crippen molar-refractivity contribution in [2.75, 3.05) is 12.0 Å². The first-order valence-corrected chi connectivity index (χ1v) is 5.69. The third kappa shape index (κ3) is 5.06. The van der Waals surface area contributed by atoms with E-state index in [-0.39, 0.29) is 5.91 Å². The van der Waals surface area contributed by atoms with Gasteiger partial charge in [0.25, 0.3) is 5.91 Å². The Labute approximate surface area is 102 Å². The van der Waals surface area contributed by atoms with Crippen LogP contribution >= 0.6 is 0 Å². The number of aryl methyl sites for hydroxylation is 1. The van der Waals surface area contributed by atoms with Gasteiger partial charge in [-0.3, -0.25) is 15.6 Å². The summed E-state index contributed by atoms with van der Waals surface area (Å²) in [4.78, 5) is 11.3. The average molecular weight is 234 g/mol. The third-order valence-electron chi connectivity index (χ3n) is 2.17. The zero-order valence-corrected chi connectivity index (χ0v) is 10.2. The molecule has 0 spiro atoms. The molecule has 0 unspecified atom stereocenters. The first kappa shape index (κ1) is 13.1. The van der Waals surface area contributed by atoms with Gasteiger partial charge in [-0.1, -0.05) is 19.1 Å². The number of hydrogen-bond donors (Lipinski definition) is 2. The second kappa shape index (κ2) is 7.33. The van der Waals surface area contributed by atoms with Gasteiger partial charge in [-0.25, -0.2) is 0 Å². The van der Waals surface area contributed by atoms with Crippen LogP contribution < -0.4 is 10.9 Å². The molecule has 0 heterocycles. The summed E-state index contributed by atoms with van der Waals surface area (Å²) in [6, 6.07) is 7.88. The van der Waals surface area contributed by atoms with Crippen LogP contribution in [0.2, 0.25) is 0 Å². The molecular formula is C13H18N2O2. The van der Waals surface area contributed by atoms with Crippen molar-refractivity contribution < 1.29 is 9.53 Å². The second-order valence-corrected chi connectivity index (χ2v) is 3.42. The molecule has 0 aromatic heterocycles. The maximum absolute atomic E-state index is 11.3. The van der Waals surface area contributed by atoms with Gasteiger partial charge in [0.2, 0.25) is 0 Å². The van der Waals surface area contributed by atoms with Crippen LogP contribution in [0.4, 0.5) is 5.69 Å². The van der Waals surface area contributed by atoms with Crippen LogP contribution in [0.1, 0.15) is 19.4 Å². The lowest BCUT2D eigenvalue weighted by Gasteiger charge is -2.06. The molecule has 1 rings (SSSR count). The highest BCUT2D eigenvalue weighted by atomic mass is 16.5. The topological polar surface area (TPSA) is 50.4 Å². The van der Waals surface area contributed by atoms with Crippen molar-refractivity contribution in [3.8, 4) is 0 Å². The molecule has 4 heteroatoms. The van der Waals surface area contributed by atoms with Crippen molar-refractivity contribution in [1.82, 2.24) is 5.43 Å². The van der Waals surface area contributed by atoms with Crippen molar-refractivity contribution in [2.24, 2.45) is 0 Å². The van der Waals surface area contributed by atoms with Gasteiger partial charge in [-0.05, 0) is 31.0 Å². The normalized spacial score (nSPS) is 10.2. The summed E-state index contributed by atoms with van der Waals surface area (Å²) >= 11 is 0. The molecule has 0 aliphatic carbocycles. The average Bonchev–Trinajstić information content (AvgIpc) is 2.37. The molecule has 0 radical (unpaired) electrons. The van der Waals surface area contributed by atoms with E-state index in [0.29, 0.717) is 6.61 Å². The molecule has 2 N–H and O–H groups in total. The third-order valence-corrected chi connectivity index (χ3v) is 2.17. The molecule has 4 nitrogen and oxygen atoms in total. The van der Waals surface area contributed by atoms with E-state index >= 15 is 0 Å². The van der Waals surface area contributed by atoms with Gasteiger partial charge >= 0.3 is 0 Å². The van der Waals surface area contributed by atoms with Crippen molar-refractivity contribution in [3.63, 3.8) is 0 Å². The molecule has 0 atom stereocenters. The van der Waals surface area contributed by atoms with Gasteiger partial charge in [0.15, 0.2) is 0 Å². The Bertz CT molecular complexity index is 372. The van der Waals surface area contributed by atoms with E-state index in [2.05, 4.69) is 17.8 Å². The van der Waals surface area contributed by atoms with Gasteiger partial charge in [-0.2, -0.15) is 0 Å². The molecule has 0 saturated heterocycles. The van der Waals surface area contributed by atoms with Crippen LogP contribution in [0.3, 0.4) is 0 Å². The Balaban J connectivity index is 2.36. The molecule has 0 fully saturated rings. The van der Waals surface area contributed by atoms with Crippen molar-refractivity contribution in [3.05, 3.63) is 42.2 Å². The highest BCUT2D eigenvalue weighted by molar-refractivity contribution is 5.88. The lowest BCUT2D eigenvalue weighted by Crippen LogP contribution is -2.27. The van der Waals surface area contributed by atoms with E-state index < -0.39 is 0 Å². The number of rotatable bonds is 6. The van der Waals surface area contributed by atoms with Crippen LogP contribution in [0, 0.1) is 0 Å². The number of benzene rings is 1. The zero-order chi connectivity index (χ0) is 12.5. The minimum Gasteiger partial charge on any atom is -0.501 e. The molecule has 0 aliphatic rings. The van der Waals surface area contributed by atoms with Crippen molar-refractivity contribution >= 4 is 11.6 Å². The van der Waals surface area contributed by atoms with Gasteiger partial charge in [-0.15, -0.1) is 0 Å². The largest absolute Gasteiger partial charge is 0.501 e. The quantitative estimate of drug-likeness (QED) is 0.451. The fourth-order valence-corrected chi connectivity index (χ4v) is 1.21. The standard InChI is InChI=1S/C13H18N2O2/c1-3-11-5-7-12(8-6-11)14-15-13(16)9-10-17-4-2/h5-10,14H,3-4H2,1-2H3,(H,15,16)/b10-9+. The summed E-state index contributed by atoms with van der Waals surface area (Å²) in [7, 11) is 0. The van der Waals surface area contributed by atoms with E-state index in [9.17, 15) is 4.79 Å². The molecular weight excluding hydrogens is 216 g/mol. The Hall–Kier alpha value is -1.97. The Morgan fingerprint density at radius 1 is 1.29 bits per heavy atom. The predicted octanol–water partition coefficient (Wildman–Crippen LogP) is 2.24. The van der Waals surface area contributed by atoms with Crippen LogP contribution in [0.15, 0.2) is 36.6 Å². The Kier molecular flexibility index (Phi) is 5.64. The zero-order valence-electron chi connectivity index (χ0n) is 10.2. The van der Waals surface area contributed by atoms with Crippen LogP contribution in [-0.4, -0.2) is 12.5 Å². The summed E-state index contributed by atoms with van der Waals surface area (Å²) < 4.78 is 4.92. The summed E-state index contributed by atoms with van der Waals surface area (Å²) in [5.74, 6) is -0.252. The fraction of sp³-hybridized carbons (Fsp3) is 0.308. The summed E-state index contributed by atoms with van der Waals surface area (Å²) in [6.45, 7) is 4.51. The first-order valence-electron chi connectivity index (χ1n) is 5.69. The number of hydrogen-bond acceptors (Lipinski definition) is 3. The molecule has 0 aliphatic heterocycles. The highest BCUT2D eigenvalue weighted by Gasteiger charge is 1.95. The number of carbonyl (C=O) groups excluding carboxylic acids is 1. The number of amides is 1. The van der Waals surface area contributed by atoms with E-state index in [1.165, 1.54) is 17.9 Å². The molecule has 0 bridgehead atoms. The molecule has 92 valence electrons. The van der Waals surface area contributed by atoms with Gasteiger partial charge in [0.1, 0.15) is 0 Å². The van der Waals surface area contributed by atoms with E-state index in [4.69, 9.17) is 4.74 Å². The molecule has 17 heavy (non-hydrogen) atoms. The maximum Gasteiger partial charge on any atom is 0.265 e. The Morgan fingerprint density at radius 3 is 2.59 bits per heavy atom. The predicted molar refractivity (Wildman–Crippen MR) is 68.4 cm³/mol. The lowest BCUT2D eigenvalue weighted by molar-refractivity contribution is -0.116. The first-order chi connectivity index (χ1) is 8.26. The second-order valence-electron chi connectivity index (χ2n) is 3.42. The summed E-state index contributed by atoms with van der Waals surface area (Å²) in [6.07, 6.45) is 3.71. The minimum absolute atomic E-state index is 0.252. The van der Waals surface area contributed by atoms with Crippen molar-refractivity contribution in [2.45, 2.75) is 20.3 Å². The number of nitrogens with one attached hydrogen (secondary N) is 2. The number of anilines is 1. The number of hydrazine groups is 1. The maximum atomic E-state index is 11.3.